The molecule has 1 aliphatic rings. The van der Waals surface area contributed by atoms with E-state index in [-0.39, 0.29) is 5.92 Å². The zero-order valence-corrected chi connectivity index (χ0v) is 15.9. The van der Waals surface area contributed by atoms with Crippen LogP contribution in [0.3, 0.4) is 0 Å². The van der Waals surface area contributed by atoms with Crippen molar-refractivity contribution in [3.8, 4) is 5.75 Å². The maximum Gasteiger partial charge on any atom is 0.223 e. The lowest BCUT2D eigenvalue weighted by Gasteiger charge is -2.32. The minimum Gasteiger partial charge on any atom is -0.497 e. The van der Waals surface area contributed by atoms with E-state index in [0.717, 1.165) is 59.7 Å². The van der Waals surface area contributed by atoms with E-state index in [1.807, 2.05) is 42.3 Å². The predicted molar refractivity (Wildman–Crippen MR) is 107 cm³/mol. The molecule has 0 aliphatic carbocycles. The number of methoxy groups -OCH3 is 1. The molecule has 1 aliphatic heterocycles. The molecule has 4 aromatic rings. The first kappa shape index (κ1) is 16.8. The van der Waals surface area contributed by atoms with Crippen molar-refractivity contribution in [3.63, 3.8) is 0 Å². The highest BCUT2D eigenvalue weighted by Crippen LogP contribution is 2.30. The van der Waals surface area contributed by atoms with E-state index in [1.54, 1.807) is 11.6 Å². The molecule has 1 aromatic carbocycles. The summed E-state index contributed by atoms with van der Waals surface area (Å²) >= 11 is 0. The van der Waals surface area contributed by atoms with Gasteiger partial charge in [-0.05, 0) is 31.0 Å². The average Bonchev–Trinajstić information content (AvgIpc) is 3.35. The molecular formula is C19H22N8O. The molecule has 9 nitrogen and oxygen atoms in total. The van der Waals surface area contributed by atoms with Crippen molar-refractivity contribution in [3.05, 3.63) is 36.4 Å². The number of benzene rings is 1. The van der Waals surface area contributed by atoms with Gasteiger partial charge in [-0.25, -0.2) is 9.97 Å². The van der Waals surface area contributed by atoms with Crippen LogP contribution < -0.4 is 15.4 Å². The number of hydrogen-bond donors (Lipinski definition) is 1. The first-order valence-electron chi connectivity index (χ1n) is 9.36. The Balaban J connectivity index is 1.55. The van der Waals surface area contributed by atoms with Crippen molar-refractivity contribution >= 4 is 28.2 Å². The number of anilines is 2. The molecule has 0 spiro atoms. The van der Waals surface area contributed by atoms with Crippen LogP contribution in [0.15, 0.2) is 30.6 Å². The standard InChI is InChI=1S/C19H22N8O/c1-25-11-13(9-21-25)26-7-3-4-12(10-26)17-23-18-15-8-14(28-2)5-6-16(15)22-19(20)27(18)24-17/h5-6,8-9,11-12H,3-4,7,10H2,1-2H3,(H2,20,22)/t12-/m0/s1. The number of aromatic nitrogens is 6. The van der Waals surface area contributed by atoms with Gasteiger partial charge in [-0.1, -0.05) is 0 Å². The predicted octanol–water partition coefficient (Wildman–Crippen LogP) is 1.99. The highest BCUT2D eigenvalue weighted by atomic mass is 16.5. The first-order chi connectivity index (χ1) is 13.6. The van der Waals surface area contributed by atoms with E-state index in [4.69, 9.17) is 20.6 Å². The minimum atomic E-state index is 0.230. The molecule has 28 heavy (non-hydrogen) atoms. The molecule has 4 heterocycles. The summed E-state index contributed by atoms with van der Waals surface area (Å²) in [5.41, 5.74) is 8.79. The zero-order valence-electron chi connectivity index (χ0n) is 15.9. The third-order valence-electron chi connectivity index (χ3n) is 5.36. The van der Waals surface area contributed by atoms with Gasteiger partial charge in [-0.2, -0.15) is 9.61 Å². The van der Waals surface area contributed by atoms with Gasteiger partial charge in [0.2, 0.25) is 5.95 Å². The SMILES string of the molecule is COc1ccc2nc(N)n3nc([C@H]4CCCN(c5cnn(C)c5)C4)nc3c2c1. The summed E-state index contributed by atoms with van der Waals surface area (Å²) in [4.78, 5) is 11.7. The van der Waals surface area contributed by atoms with Crippen molar-refractivity contribution in [2.24, 2.45) is 7.05 Å². The number of ether oxygens (including phenoxy) is 1. The average molecular weight is 378 g/mol. The second kappa shape index (κ2) is 6.36. The topological polar surface area (TPSA) is 99.4 Å². The zero-order chi connectivity index (χ0) is 19.3. The Morgan fingerprint density at radius 2 is 2.14 bits per heavy atom. The molecule has 144 valence electrons. The first-order valence-corrected chi connectivity index (χ1v) is 9.36. The maximum atomic E-state index is 6.15. The molecule has 1 fully saturated rings. The van der Waals surface area contributed by atoms with Gasteiger partial charge in [0.15, 0.2) is 11.5 Å². The fourth-order valence-corrected chi connectivity index (χ4v) is 3.92. The Hall–Kier alpha value is -3.36. The van der Waals surface area contributed by atoms with Gasteiger partial charge >= 0.3 is 0 Å². The fourth-order valence-electron chi connectivity index (χ4n) is 3.92. The third-order valence-corrected chi connectivity index (χ3v) is 5.36. The second-order valence-electron chi connectivity index (χ2n) is 7.22. The monoisotopic (exact) mass is 378 g/mol. The Bertz CT molecular complexity index is 1160. The van der Waals surface area contributed by atoms with Crippen LogP contribution in [0, 0.1) is 0 Å². The Morgan fingerprint density at radius 1 is 1.25 bits per heavy atom. The third kappa shape index (κ3) is 2.70. The summed E-state index contributed by atoms with van der Waals surface area (Å²) < 4.78 is 8.82. The molecule has 1 saturated heterocycles. The molecule has 2 N–H and O–H groups in total. The molecule has 0 unspecified atom stereocenters. The summed E-state index contributed by atoms with van der Waals surface area (Å²) in [6, 6.07) is 5.69. The van der Waals surface area contributed by atoms with Gasteiger partial charge in [0.05, 0.1) is 24.5 Å². The van der Waals surface area contributed by atoms with E-state index in [9.17, 15) is 0 Å². The number of rotatable bonds is 3. The second-order valence-corrected chi connectivity index (χ2v) is 7.22. The van der Waals surface area contributed by atoms with Crippen molar-refractivity contribution in [1.29, 1.82) is 0 Å². The maximum absolute atomic E-state index is 6.15. The molecular weight excluding hydrogens is 356 g/mol. The minimum absolute atomic E-state index is 0.230. The van der Waals surface area contributed by atoms with Crippen molar-refractivity contribution in [2.45, 2.75) is 18.8 Å². The Labute approximate surface area is 161 Å². The molecule has 0 bridgehead atoms. The molecule has 3 aromatic heterocycles. The van der Waals surface area contributed by atoms with E-state index >= 15 is 0 Å². The lowest BCUT2D eigenvalue weighted by Crippen LogP contribution is -2.34. The molecule has 5 rings (SSSR count). The smallest absolute Gasteiger partial charge is 0.223 e. The number of fused-ring (bicyclic) bond motifs is 3. The number of hydrogen-bond acceptors (Lipinski definition) is 7. The summed E-state index contributed by atoms with van der Waals surface area (Å²) in [6.07, 6.45) is 6.07. The van der Waals surface area contributed by atoms with Crippen LogP contribution in [0.2, 0.25) is 0 Å². The number of piperidine rings is 1. The van der Waals surface area contributed by atoms with Gasteiger partial charge in [0.25, 0.3) is 0 Å². The van der Waals surface area contributed by atoms with Crippen LogP contribution in [-0.4, -0.2) is 49.6 Å². The Morgan fingerprint density at radius 3 is 2.93 bits per heavy atom. The van der Waals surface area contributed by atoms with E-state index in [2.05, 4.69) is 15.0 Å². The highest BCUT2D eigenvalue weighted by molar-refractivity contribution is 5.93. The Kier molecular flexibility index (Phi) is 3.81. The van der Waals surface area contributed by atoms with Gasteiger partial charge in [0.1, 0.15) is 5.75 Å². The van der Waals surface area contributed by atoms with Crippen LogP contribution in [0.5, 0.6) is 5.75 Å². The molecule has 1 atom stereocenters. The van der Waals surface area contributed by atoms with E-state index in [0.29, 0.717) is 5.95 Å². The van der Waals surface area contributed by atoms with Crippen LogP contribution in [0.1, 0.15) is 24.6 Å². The van der Waals surface area contributed by atoms with Gasteiger partial charge in [0, 0.05) is 37.6 Å². The summed E-state index contributed by atoms with van der Waals surface area (Å²) in [5.74, 6) is 2.13. The van der Waals surface area contributed by atoms with E-state index < -0.39 is 0 Å². The molecule has 0 saturated carbocycles. The van der Waals surface area contributed by atoms with Crippen LogP contribution in [0.4, 0.5) is 11.6 Å². The quantitative estimate of drug-likeness (QED) is 0.582. The van der Waals surface area contributed by atoms with Gasteiger partial charge in [-0.3, -0.25) is 4.68 Å². The molecule has 0 radical (unpaired) electrons. The van der Waals surface area contributed by atoms with Crippen LogP contribution >= 0.6 is 0 Å². The number of aryl methyl sites for hydroxylation is 1. The van der Waals surface area contributed by atoms with Crippen molar-refractivity contribution in [2.75, 3.05) is 30.8 Å². The molecule has 9 heteroatoms. The number of nitrogen functional groups attached to an aromatic ring is 1. The number of nitrogens with zero attached hydrogens (tertiary/aromatic N) is 7. The lowest BCUT2D eigenvalue weighted by molar-refractivity contribution is 0.415. The normalized spacial score (nSPS) is 17.5. The summed E-state index contributed by atoms with van der Waals surface area (Å²) in [5, 5.41) is 9.88. The van der Waals surface area contributed by atoms with Crippen molar-refractivity contribution < 1.29 is 4.74 Å². The van der Waals surface area contributed by atoms with Crippen molar-refractivity contribution in [1.82, 2.24) is 29.4 Å². The van der Waals surface area contributed by atoms with Gasteiger partial charge in [-0.15, -0.1) is 5.10 Å². The van der Waals surface area contributed by atoms with E-state index in [1.165, 1.54) is 0 Å². The van der Waals surface area contributed by atoms with Crippen LogP contribution in [0.25, 0.3) is 16.6 Å². The largest absolute Gasteiger partial charge is 0.497 e. The summed E-state index contributed by atoms with van der Waals surface area (Å²) in [6.45, 7) is 1.87. The summed E-state index contributed by atoms with van der Waals surface area (Å²) in [7, 11) is 3.58. The molecule has 0 amide bonds. The lowest BCUT2D eigenvalue weighted by atomic mass is 9.97. The fraction of sp³-hybridized carbons (Fsp3) is 0.368. The van der Waals surface area contributed by atoms with Gasteiger partial charge < -0.3 is 15.4 Å². The number of nitrogens with two attached hydrogens (primary N) is 1. The highest BCUT2D eigenvalue weighted by Gasteiger charge is 2.26. The van der Waals surface area contributed by atoms with Crippen LogP contribution in [-0.2, 0) is 7.05 Å².